The molecule has 0 radical (unpaired) electrons. The van der Waals surface area contributed by atoms with Gasteiger partial charge in [-0.25, -0.2) is 0 Å². The van der Waals surface area contributed by atoms with Crippen molar-refractivity contribution in [3.63, 3.8) is 0 Å². The monoisotopic (exact) mass is 267 g/mol. The molecule has 19 heavy (non-hydrogen) atoms. The van der Waals surface area contributed by atoms with Gasteiger partial charge in [-0.2, -0.15) is 0 Å². The molecule has 1 heterocycles. The largest absolute Gasteiger partial charge is 0.300 e. The molecule has 1 aromatic rings. The Morgan fingerprint density at radius 3 is 2.32 bits per heavy atom. The van der Waals surface area contributed by atoms with Crippen LogP contribution in [0.15, 0.2) is 6.20 Å². The average Bonchev–Trinajstić information content (AvgIpc) is 2.82. The van der Waals surface area contributed by atoms with Crippen LogP contribution in [-0.2, 0) is 22.6 Å². The second-order valence-corrected chi connectivity index (χ2v) is 4.33. The zero-order chi connectivity index (χ0) is 14.7. The van der Waals surface area contributed by atoms with Crippen LogP contribution < -0.4 is 0 Å². The standard InChI is InChI=1S/C12H19N3O2.C2H6/c1-10(16)5-3-4-8-15-9-12(13-14-15)7-6-11(2)17;1-2/h9H,3-8H2,1-2H3;1-2H3. The highest BCUT2D eigenvalue weighted by molar-refractivity contribution is 5.75. The van der Waals surface area contributed by atoms with Crippen LogP contribution in [0.5, 0.6) is 0 Å². The normalized spacial score (nSPS) is 9.68. The topological polar surface area (TPSA) is 64.8 Å². The summed E-state index contributed by atoms with van der Waals surface area (Å²) in [6.45, 7) is 7.96. The zero-order valence-electron chi connectivity index (χ0n) is 12.5. The molecule has 1 aromatic heterocycles. The molecule has 0 N–H and O–H groups in total. The average molecular weight is 267 g/mol. The molecule has 0 aliphatic rings. The van der Waals surface area contributed by atoms with Crippen molar-refractivity contribution < 1.29 is 9.59 Å². The molecule has 0 saturated heterocycles. The molecule has 0 aliphatic carbocycles. The van der Waals surface area contributed by atoms with Gasteiger partial charge in [-0.15, -0.1) is 5.10 Å². The summed E-state index contributed by atoms with van der Waals surface area (Å²) >= 11 is 0. The summed E-state index contributed by atoms with van der Waals surface area (Å²) in [6, 6.07) is 0. The molecular formula is C14H25N3O2. The summed E-state index contributed by atoms with van der Waals surface area (Å²) in [7, 11) is 0. The summed E-state index contributed by atoms with van der Waals surface area (Å²) in [6.07, 6.45) is 5.49. The van der Waals surface area contributed by atoms with Crippen molar-refractivity contribution in [2.75, 3.05) is 0 Å². The maximum atomic E-state index is 10.8. The molecule has 0 aromatic carbocycles. The van der Waals surface area contributed by atoms with Crippen LogP contribution in [0.3, 0.4) is 0 Å². The van der Waals surface area contributed by atoms with Gasteiger partial charge in [0.1, 0.15) is 11.6 Å². The van der Waals surface area contributed by atoms with E-state index in [-0.39, 0.29) is 11.6 Å². The smallest absolute Gasteiger partial charge is 0.130 e. The van der Waals surface area contributed by atoms with E-state index in [4.69, 9.17) is 0 Å². The minimum Gasteiger partial charge on any atom is -0.300 e. The molecular weight excluding hydrogens is 242 g/mol. The number of hydrogen-bond acceptors (Lipinski definition) is 4. The molecule has 108 valence electrons. The van der Waals surface area contributed by atoms with Crippen molar-refractivity contribution in [1.82, 2.24) is 15.0 Å². The lowest BCUT2D eigenvalue weighted by molar-refractivity contribution is -0.117. The maximum absolute atomic E-state index is 10.8. The lowest BCUT2D eigenvalue weighted by atomic mass is 10.2. The first-order valence-electron chi connectivity index (χ1n) is 6.96. The first kappa shape index (κ1) is 17.5. The van der Waals surface area contributed by atoms with Crippen LogP contribution in [0.4, 0.5) is 0 Å². The fourth-order valence-electron chi connectivity index (χ4n) is 1.51. The van der Waals surface area contributed by atoms with Gasteiger partial charge in [-0.1, -0.05) is 19.1 Å². The highest BCUT2D eigenvalue weighted by Gasteiger charge is 2.02. The van der Waals surface area contributed by atoms with Gasteiger partial charge in [-0.05, 0) is 33.1 Å². The van der Waals surface area contributed by atoms with Crippen molar-refractivity contribution >= 4 is 11.6 Å². The number of Topliss-reactive ketones (excluding diaryl/α,β-unsaturated/α-hetero) is 2. The Hall–Kier alpha value is -1.52. The van der Waals surface area contributed by atoms with E-state index < -0.39 is 0 Å². The van der Waals surface area contributed by atoms with Crippen molar-refractivity contribution in [3.8, 4) is 0 Å². The highest BCUT2D eigenvalue weighted by Crippen LogP contribution is 2.02. The van der Waals surface area contributed by atoms with E-state index in [0.29, 0.717) is 19.3 Å². The van der Waals surface area contributed by atoms with Crippen LogP contribution in [0.2, 0.25) is 0 Å². The Kier molecular flexibility index (Phi) is 9.57. The predicted molar refractivity (Wildman–Crippen MR) is 74.9 cm³/mol. The number of nitrogens with zero attached hydrogens (tertiary/aromatic N) is 3. The molecule has 0 bridgehead atoms. The van der Waals surface area contributed by atoms with E-state index in [1.54, 1.807) is 18.5 Å². The van der Waals surface area contributed by atoms with Crippen molar-refractivity contribution in [2.24, 2.45) is 0 Å². The maximum Gasteiger partial charge on any atom is 0.130 e. The van der Waals surface area contributed by atoms with Crippen LogP contribution >= 0.6 is 0 Å². The van der Waals surface area contributed by atoms with Gasteiger partial charge in [0.15, 0.2) is 0 Å². The third kappa shape index (κ3) is 9.11. The minimum atomic E-state index is 0.168. The number of unbranched alkanes of at least 4 members (excludes halogenated alkanes) is 1. The van der Waals surface area contributed by atoms with E-state index >= 15 is 0 Å². The Labute approximate surface area is 115 Å². The first-order chi connectivity index (χ1) is 9.08. The fourth-order valence-corrected chi connectivity index (χ4v) is 1.51. The van der Waals surface area contributed by atoms with E-state index in [1.165, 1.54) is 0 Å². The number of rotatable bonds is 8. The molecule has 5 heteroatoms. The quantitative estimate of drug-likeness (QED) is 0.679. The summed E-state index contributed by atoms with van der Waals surface area (Å²) < 4.78 is 1.77. The van der Waals surface area contributed by atoms with Crippen LogP contribution in [0.25, 0.3) is 0 Å². The molecule has 5 nitrogen and oxygen atoms in total. The Bertz CT molecular complexity index is 386. The van der Waals surface area contributed by atoms with Gasteiger partial charge in [-0.3, -0.25) is 4.68 Å². The van der Waals surface area contributed by atoms with E-state index in [0.717, 1.165) is 25.1 Å². The number of aryl methyl sites for hydroxylation is 2. The SMILES string of the molecule is CC.CC(=O)CCCCn1cc(CCC(C)=O)nn1. The molecule has 0 amide bonds. The third-order valence-corrected chi connectivity index (χ3v) is 2.49. The minimum absolute atomic E-state index is 0.168. The summed E-state index contributed by atoms with van der Waals surface area (Å²) in [5.74, 6) is 0.395. The Morgan fingerprint density at radius 2 is 1.74 bits per heavy atom. The number of hydrogen-bond donors (Lipinski definition) is 0. The number of ketones is 2. The number of carbonyl (C=O) groups is 2. The lowest BCUT2D eigenvalue weighted by Crippen LogP contribution is -2.00. The first-order valence-corrected chi connectivity index (χ1v) is 6.96. The van der Waals surface area contributed by atoms with Gasteiger partial charge >= 0.3 is 0 Å². The second kappa shape index (κ2) is 10.4. The summed E-state index contributed by atoms with van der Waals surface area (Å²) in [4.78, 5) is 21.6. The molecule has 0 atom stereocenters. The van der Waals surface area contributed by atoms with Crippen molar-refractivity contribution in [1.29, 1.82) is 0 Å². The predicted octanol–water partition coefficient (Wildman–Crippen LogP) is 2.59. The molecule has 0 fully saturated rings. The van der Waals surface area contributed by atoms with Crippen LogP contribution in [0, 0.1) is 0 Å². The number of aromatic nitrogens is 3. The van der Waals surface area contributed by atoms with E-state index in [2.05, 4.69) is 10.3 Å². The van der Waals surface area contributed by atoms with E-state index in [1.807, 2.05) is 20.0 Å². The van der Waals surface area contributed by atoms with Crippen molar-refractivity contribution in [2.45, 2.75) is 66.3 Å². The molecule has 0 saturated carbocycles. The number of carbonyl (C=O) groups excluding carboxylic acids is 2. The second-order valence-electron chi connectivity index (χ2n) is 4.33. The van der Waals surface area contributed by atoms with Gasteiger partial charge in [0.05, 0.1) is 5.69 Å². The zero-order valence-corrected chi connectivity index (χ0v) is 12.5. The fraction of sp³-hybridized carbons (Fsp3) is 0.714. The van der Waals surface area contributed by atoms with Gasteiger partial charge in [0.25, 0.3) is 0 Å². The van der Waals surface area contributed by atoms with Gasteiger partial charge in [0, 0.05) is 25.6 Å². The molecule has 0 unspecified atom stereocenters. The highest BCUT2D eigenvalue weighted by atomic mass is 16.1. The van der Waals surface area contributed by atoms with E-state index in [9.17, 15) is 9.59 Å². The molecule has 0 aliphatic heterocycles. The van der Waals surface area contributed by atoms with Crippen molar-refractivity contribution in [3.05, 3.63) is 11.9 Å². The molecule has 0 spiro atoms. The third-order valence-electron chi connectivity index (χ3n) is 2.49. The lowest BCUT2D eigenvalue weighted by Gasteiger charge is -1.98. The molecule has 1 rings (SSSR count). The van der Waals surface area contributed by atoms with Gasteiger partial charge < -0.3 is 9.59 Å². The summed E-state index contributed by atoms with van der Waals surface area (Å²) in [5.41, 5.74) is 0.853. The Balaban J connectivity index is 0.00000154. The van der Waals surface area contributed by atoms with Crippen LogP contribution in [-0.4, -0.2) is 26.6 Å². The summed E-state index contributed by atoms with van der Waals surface area (Å²) in [5, 5.41) is 7.98. The Morgan fingerprint density at radius 1 is 1.11 bits per heavy atom. The van der Waals surface area contributed by atoms with Gasteiger partial charge in [0.2, 0.25) is 0 Å². The van der Waals surface area contributed by atoms with Crippen LogP contribution in [0.1, 0.15) is 59.1 Å².